The molecule has 2 aromatic rings. The maximum absolute atomic E-state index is 4.83. The first-order valence-electron chi connectivity index (χ1n) is 8.02. The van der Waals surface area contributed by atoms with Crippen molar-refractivity contribution in [2.75, 3.05) is 37.6 Å². The fraction of sp³-hybridized carbons (Fsp3) is 0.625. The van der Waals surface area contributed by atoms with E-state index in [1.54, 1.807) is 10.4 Å². The van der Waals surface area contributed by atoms with Crippen molar-refractivity contribution in [3.8, 4) is 0 Å². The highest BCUT2D eigenvalue weighted by Gasteiger charge is 2.25. The molecule has 0 unspecified atom stereocenters. The Kier molecular flexibility index (Phi) is 3.34. The van der Waals surface area contributed by atoms with E-state index >= 15 is 0 Å². The second-order valence-corrected chi connectivity index (χ2v) is 7.14. The van der Waals surface area contributed by atoms with E-state index in [2.05, 4.69) is 16.7 Å². The van der Waals surface area contributed by atoms with Gasteiger partial charge in [0, 0.05) is 31.1 Å². The Balaban J connectivity index is 1.77. The van der Waals surface area contributed by atoms with E-state index in [-0.39, 0.29) is 0 Å². The predicted octanol–water partition coefficient (Wildman–Crippen LogP) is 2.63. The highest BCUT2D eigenvalue weighted by Crippen LogP contribution is 2.40. The predicted molar refractivity (Wildman–Crippen MR) is 88.5 cm³/mol. The van der Waals surface area contributed by atoms with Gasteiger partial charge in [0.15, 0.2) is 0 Å². The zero-order valence-corrected chi connectivity index (χ0v) is 13.7. The van der Waals surface area contributed by atoms with E-state index in [4.69, 9.17) is 9.97 Å². The first kappa shape index (κ1) is 13.5. The van der Waals surface area contributed by atoms with Crippen LogP contribution in [0.2, 0.25) is 0 Å². The number of nitrogens with zero attached hydrogens (tertiary/aromatic N) is 4. The van der Waals surface area contributed by atoms with Gasteiger partial charge >= 0.3 is 0 Å². The van der Waals surface area contributed by atoms with Crippen LogP contribution in [0.1, 0.15) is 29.6 Å². The average molecular weight is 302 g/mol. The number of anilines is 1. The monoisotopic (exact) mass is 302 g/mol. The van der Waals surface area contributed by atoms with Crippen LogP contribution < -0.4 is 4.90 Å². The van der Waals surface area contributed by atoms with E-state index < -0.39 is 0 Å². The second-order valence-electron chi connectivity index (χ2n) is 6.05. The fourth-order valence-corrected chi connectivity index (χ4v) is 4.89. The van der Waals surface area contributed by atoms with E-state index in [1.807, 2.05) is 18.3 Å². The molecule has 0 amide bonds. The molecule has 1 aliphatic carbocycles. The van der Waals surface area contributed by atoms with Gasteiger partial charge in [0.2, 0.25) is 0 Å². The summed E-state index contributed by atoms with van der Waals surface area (Å²) in [6.45, 7) is 9.89. The minimum atomic E-state index is 0.912. The van der Waals surface area contributed by atoms with Gasteiger partial charge in [0.1, 0.15) is 16.5 Å². The third-order valence-corrected chi connectivity index (χ3v) is 5.96. The number of thiophene rings is 1. The summed E-state index contributed by atoms with van der Waals surface area (Å²) in [5.74, 6) is 2.11. The molecule has 0 spiro atoms. The van der Waals surface area contributed by atoms with E-state index in [0.29, 0.717) is 0 Å². The summed E-state index contributed by atoms with van der Waals surface area (Å²) in [6, 6.07) is 0. The van der Waals surface area contributed by atoms with Gasteiger partial charge in [-0.25, -0.2) is 9.97 Å². The van der Waals surface area contributed by atoms with Crippen molar-refractivity contribution in [1.82, 2.24) is 14.9 Å². The lowest BCUT2D eigenvalue weighted by Gasteiger charge is -2.35. The topological polar surface area (TPSA) is 32.3 Å². The van der Waals surface area contributed by atoms with Crippen LogP contribution in [0, 0.1) is 6.92 Å². The first-order chi connectivity index (χ1) is 10.3. The van der Waals surface area contributed by atoms with Crippen molar-refractivity contribution in [3.63, 3.8) is 0 Å². The van der Waals surface area contributed by atoms with Crippen LogP contribution in [0.4, 0.5) is 5.82 Å². The third-order valence-electron chi connectivity index (χ3n) is 4.78. The molecular weight excluding hydrogens is 280 g/mol. The lowest BCUT2D eigenvalue weighted by atomic mass is 10.1. The molecule has 0 saturated carbocycles. The summed E-state index contributed by atoms with van der Waals surface area (Å²) in [5, 5.41) is 1.36. The van der Waals surface area contributed by atoms with Gasteiger partial charge in [-0.3, -0.25) is 0 Å². The van der Waals surface area contributed by atoms with Gasteiger partial charge in [-0.15, -0.1) is 11.3 Å². The molecule has 0 bridgehead atoms. The average Bonchev–Trinajstić information content (AvgIpc) is 3.06. The normalized spacial score (nSPS) is 19.4. The highest BCUT2D eigenvalue weighted by atomic mass is 32.1. The Labute approximate surface area is 129 Å². The molecule has 2 aromatic heterocycles. The molecule has 4 rings (SSSR count). The summed E-state index contributed by atoms with van der Waals surface area (Å²) < 4.78 is 0. The van der Waals surface area contributed by atoms with Crippen LogP contribution in [-0.2, 0) is 12.8 Å². The third kappa shape index (κ3) is 2.23. The summed E-state index contributed by atoms with van der Waals surface area (Å²) >= 11 is 1.90. The largest absolute Gasteiger partial charge is 0.353 e. The fourth-order valence-electron chi connectivity index (χ4n) is 3.59. The zero-order chi connectivity index (χ0) is 14.4. The second kappa shape index (κ2) is 5.21. The molecule has 5 heteroatoms. The van der Waals surface area contributed by atoms with Crippen LogP contribution in [0.15, 0.2) is 0 Å². The zero-order valence-electron chi connectivity index (χ0n) is 12.9. The molecule has 1 fully saturated rings. The molecular formula is C16H22N4S. The standard InChI is InChI=1S/C16H22N4S/c1-3-19-7-9-20(10-8-19)15-14-12-5-4-6-13(12)21-16(14)18-11(2)17-15/h3-10H2,1-2H3. The Morgan fingerprint density at radius 1 is 1.10 bits per heavy atom. The number of hydrogen-bond donors (Lipinski definition) is 0. The molecule has 1 aliphatic heterocycles. The molecule has 4 nitrogen and oxygen atoms in total. The maximum Gasteiger partial charge on any atom is 0.141 e. The summed E-state index contributed by atoms with van der Waals surface area (Å²) in [6.07, 6.45) is 3.75. The van der Waals surface area contributed by atoms with Crippen LogP contribution in [0.5, 0.6) is 0 Å². The van der Waals surface area contributed by atoms with Gasteiger partial charge in [-0.2, -0.15) is 0 Å². The minimum absolute atomic E-state index is 0.912. The van der Waals surface area contributed by atoms with Crippen molar-refractivity contribution in [1.29, 1.82) is 0 Å². The lowest BCUT2D eigenvalue weighted by molar-refractivity contribution is 0.270. The molecule has 112 valence electrons. The van der Waals surface area contributed by atoms with Crippen molar-refractivity contribution in [2.24, 2.45) is 0 Å². The molecule has 3 heterocycles. The van der Waals surface area contributed by atoms with Gasteiger partial charge in [0.25, 0.3) is 0 Å². The molecule has 1 saturated heterocycles. The number of aromatic nitrogens is 2. The Morgan fingerprint density at radius 2 is 1.90 bits per heavy atom. The molecule has 2 aliphatic rings. The van der Waals surface area contributed by atoms with Gasteiger partial charge in [-0.05, 0) is 38.3 Å². The van der Waals surface area contributed by atoms with Gasteiger partial charge in [-0.1, -0.05) is 6.92 Å². The van der Waals surface area contributed by atoms with Crippen LogP contribution >= 0.6 is 11.3 Å². The molecule has 0 radical (unpaired) electrons. The smallest absolute Gasteiger partial charge is 0.141 e. The van der Waals surface area contributed by atoms with Crippen molar-refractivity contribution in [2.45, 2.75) is 33.1 Å². The summed E-state index contributed by atoms with van der Waals surface area (Å²) in [4.78, 5) is 17.3. The molecule has 0 atom stereocenters. The Morgan fingerprint density at radius 3 is 2.67 bits per heavy atom. The number of likely N-dealkylation sites (N-methyl/N-ethyl adjacent to an activating group) is 1. The van der Waals surface area contributed by atoms with Crippen LogP contribution in [0.3, 0.4) is 0 Å². The minimum Gasteiger partial charge on any atom is -0.353 e. The Hall–Kier alpha value is -1.20. The van der Waals surface area contributed by atoms with E-state index in [9.17, 15) is 0 Å². The van der Waals surface area contributed by atoms with Crippen molar-refractivity contribution >= 4 is 27.4 Å². The number of hydrogen-bond acceptors (Lipinski definition) is 5. The SMILES string of the molecule is CCN1CCN(c2nc(C)nc3sc4c(c23)CCC4)CC1. The van der Waals surface area contributed by atoms with Gasteiger partial charge in [0.05, 0.1) is 5.39 Å². The van der Waals surface area contributed by atoms with Crippen molar-refractivity contribution < 1.29 is 0 Å². The Bertz CT molecular complexity index is 670. The molecule has 0 N–H and O–H groups in total. The first-order valence-corrected chi connectivity index (χ1v) is 8.84. The highest BCUT2D eigenvalue weighted by molar-refractivity contribution is 7.19. The number of rotatable bonds is 2. The molecule has 0 aromatic carbocycles. The molecule has 21 heavy (non-hydrogen) atoms. The number of fused-ring (bicyclic) bond motifs is 3. The maximum atomic E-state index is 4.83. The number of aryl methyl sites for hydroxylation is 3. The number of piperazine rings is 1. The summed E-state index contributed by atoms with van der Waals surface area (Å²) in [5.41, 5.74) is 1.54. The lowest BCUT2D eigenvalue weighted by Crippen LogP contribution is -2.46. The van der Waals surface area contributed by atoms with Crippen LogP contribution in [-0.4, -0.2) is 47.6 Å². The quantitative estimate of drug-likeness (QED) is 0.853. The van der Waals surface area contributed by atoms with Gasteiger partial charge < -0.3 is 9.80 Å². The summed E-state index contributed by atoms with van der Waals surface area (Å²) in [7, 11) is 0. The van der Waals surface area contributed by atoms with E-state index in [1.165, 1.54) is 35.3 Å². The van der Waals surface area contributed by atoms with Crippen molar-refractivity contribution in [3.05, 3.63) is 16.3 Å². The van der Waals surface area contributed by atoms with Crippen LogP contribution in [0.25, 0.3) is 10.2 Å². The van der Waals surface area contributed by atoms with E-state index in [0.717, 1.165) is 38.5 Å².